The standard InChI is InChI=1S/C19H19N5O4/c1-23-19(26)24(22-21-23)15-8-6-14(7-9-15)20-18(25)11-5-13-4-10-16(27-2)17(12-13)28-3/h4-12H,1-3H3,(H,20,25)/b11-5+. The van der Waals surface area contributed by atoms with Crippen molar-refractivity contribution in [3.63, 3.8) is 0 Å². The van der Waals surface area contributed by atoms with Crippen LogP contribution in [0.1, 0.15) is 5.56 Å². The summed E-state index contributed by atoms with van der Waals surface area (Å²) < 4.78 is 12.7. The Morgan fingerprint density at radius 1 is 1.04 bits per heavy atom. The SMILES string of the molecule is COc1ccc(/C=C/C(=O)Nc2ccc(-n3nnn(C)c3=O)cc2)cc1OC. The monoisotopic (exact) mass is 381 g/mol. The predicted octanol–water partition coefficient (Wildman–Crippen LogP) is 1.64. The van der Waals surface area contributed by atoms with Gasteiger partial charge in [-0.25, -0.2) is 4.79 Å². The first-order valence-corrected chi connectivity index (χ1v) is 8.32. The molecule has 0 fully saturated rings. The van der Waals surface area contributed by atoms with Crippen molar-refractivity contribution >= 4 is 17.7 Å². The molecule has 0 aliphatic carbocycles. The van der Waals surface area contributed by atoms with Crippen LogP contribution in [0, 0.1) is 0 Å². The maximum atomic E-state index is 12.1. The van der Waals surface area contributed by atoms with Gasteiger partial charge in [-0.1, -0.05) is 6.07 Å². The lowest BCUT2D eigenvalue weighted by Crippen LogP contribution is -2.21. The first kappa shape index (κ1) is 18.9. The molecule has 1 heterocycles. The number of carbonyl (C=O) groups is 1. The first-order chi connectivity index (χ1) is 13.5. The van der Waals surface area contributed by atoms with E-state index in [0.717, 1.165) is 10.2 Å². The minimum absolute atomic E-state index is 0.292. The molecule has 0 unspecified atom stereocenters. The molecule has 9 heteroatoms. The Balaban J connectivity index is 1.67. The lowest BCUT2D eigenvalue weighted by atomic mass is 10.2. The topological polar surface area (TPSA) is 100 Å². The number of aryl methyl sites for hydroxylation is 1. The molecule has 0 saturated carbocycles. The van der Waals surface area contributed by atoms with Gasteiger partial charge in [0.2, 0.25) is 5.91 Å². The largest absolute Gasteiger partial charge is 0.493 e. The van der Waals surface area contributed by atoms with E-state index in [1.807, 2.05) is 6.07 Å². The summed E-state index contributed by atoms with van der Waals surface area (Å²) in [7, 11) is 4.63. The normalized spacial score (nSPS) is 10.8. The number of nitrogens with zero attached hydrogens (tertiary/aromatic N) is 4. The number of hydrogen-bond donors (Lipinski definition) is 1. The summed E-state index contributed by atoms with van der Waals surface area (Å²) in [6.45, 7) is 0. The van der Waals surface area contributed by atoms with Crippen molar-refractivity contribution in [1.29, 1.82) is 0 Å². The van der Waals surface area contributed by atoms with Crippen LogP contribution >= 0.6 is 0 Å². The zero-order valence-corrected chi connectivity index (χ0v) is 15.6. The van der Waals surface area contributed by atoms with Crippen LogP contribution in [0.3, 0.4) is 0 Å². The Hall–Kier alpha value is -3.88. The van der Waals surface area contributed by atoms with Gasteiger partial charge >= 0.3 is 5.69 Å². The quantitative estimate of drug-likeness (QED) is 0.652. The van der Waals surface area contributed by atoms with E-state index in [9.17, 15) is 9.59 Å². The van der Waals surface area contributed by atoms with Crippen LogP contribution in [0.4, 0.5) is 5.69 Å². The summed E-state index contributed by atoms with van der Waals surface area (Å²) in [6, 6.07) is 12.1. The first-order valence-electron chi connectivity index (χ1n) is 8.32. The molecular formula is C19H19N5O4. The molecule has 0 atom stereocenters. The maximum Gasteiger partial charge on any atom is 0.368 e. The molecule has 0 radical (unpaired) electrons. The molecule has 1 N–H and O–H groups in total. The number of hydrogen-bond acceptors (Lipinski definition) is 6. The van der Waals surface area contributed by atoms with Gasteiger partial charge in [0, 0.05) is 18.8 Å². The minimum atomic E-state index is -0.352. The zero-order chi connectivity index (χ0) is 20.1. The molecule has 0 saturated heterocycles. The fourth-order valence-corrected chi connectivity index (χ4v) is 2.47. The van der Waals surface area contributed by atoms with Crippen molar-refractivity contribution in [3.8, 4) is 17.2 Å². The summed E-state index contributed by atoms with van der Waals surface area (Å²) in [5.74, 6) is 0.908. The summed E-state index contributed by atoms with van der Waals surface area (Å²) >= 11 is 0. The number of amides is 1. The lowest BCUT2D eigenvalue weighted by Gasteiger charge is -2.07. The lowest BCUT2D eigenvalue weighted by molar-refractivity contribution is -0.111. The summed E-state index contributed by atoms with van der Waals surface area (Å²) in [5.41, 5.74) is 1.58. The van der Waals surface area contributed by atoms with E-state index in [4.69, 9.17) is 9.47 Å². The molecular weight excluding hydrogens is 362 g/mol. The van der Waals surface area contributed by atoms with Crippen molar-refractivity contribution in [3.05, 3.63) is 64.6 Å². The highest BCUT2D eigenvalue weighted by Crippen LogP contribution is 2.27. The third-order valence-electron chi connectivity index (χ3n) is 3.94. The van der Waals surface area contributed by atoms with E-state index in [2.05, 4.69) is 15.7 Å². The van der Waals surface area contributed by atoms with Gasteiger partial charge in [-0.15, -0.1) is 0 Å². The van der Waals surface area contributed by atoms with Crippen molar-refractivity contribution in [2.45, 2.75) is 0 Å². The van der Waals surface area contributed by atoms with Crippen LogP contribution in [-0.4, -0.2) is 39.9 Å². The zero-order valence-electron chi connectivity index (χ0n) is 15.6. The average molecular weight is 381 g/mol. The van der Waals surface area contributed by atoms with E-state index in [1.54, 1.807) is 56.7 Å². The van der Waals surface area contributed by atoms with Gasteiger partial charge in [-0.2, -0.15) is 9.36 Å². The van der Waals surface area contributed by atoms with Crippen LogP contribution < -0.4 is 20.5 Å². The molecule has 0 aliphatic heterocycles. The second-order valence-electron chi connectivity index (χ2n) is 5.78. The second kappa shape index (κ2) is 8.21. The van der Waals surface area contributed by atoms with E-state index in [1.165, 1.54) is 17.8 Å². The van der Waals surface area contributed by atoms with Gasteiger partial charge < -0.3 is 14.8 Å². The Labute approximate surface area is 160 Å². The van der Waals surface area contributed by atoms with Gasteiger partial charge in [0.05, 0.1) is 19.9 Å². The molecule has 2 aromatic carbocycles. The molecule has 0 aliphatic rings. The van der Waals surface area contributed by atoms with Gasteiger partial charge in [0.25, 0.3) is 0 Å². The Morgan fingerprint density at radius 2 is 1.75 bits per heavy atom. The molecule has 0 bridgehead atoms. The average Bonchev–Trinajstić information content (AvgIpc) is 3.05. The molecule has 0 spiro atoms. The van der Waals surface area contributed by atoms with Crippen LogP contribution in [-0.2, 0) is 11.8 Å². The van der Waals surface area contributed by atoms with E-state index >= 15 is 0 Å². The van der Waals surface area contributed by atoms with Crippen molar-refractivity contribution in [2.75, 3.05) is 19.5 Å². The highest BCUT2D eigenvalue weighted by atomic mass is 16.5. The summed E-state index contributed by atoms with van der Waals surface area (Å²) in [5, 5.41) is 10.2. The number of nitrogens with one attached hydrogen (secondary N) is 1. The van der Waals surface area contributed by atoms with Gasteiger partial charge in [-0.3, -0.25) is 4.79 Å². The third-order valence-corrected chi connectivity index (χ3v) is 3.94. The predicted molar refractivity (Wildman–Crippen MR) is 104 cm³/mol. The summed E-state index contributed by atoms with van der Waals surface area (Å²) in [4.78, 5) is 24.0. The molecule has 1 amide bonds. The van der Waals surface area contributed by atoms with Gasteiger partial charge in [0.1, 0.15) is 0 Å². The molecule has 28 heavy (non-hydrogen) atoms. The highest BCUT2D eigenvalue weighted by Gasteiger charge is 2.07. The minimum Gasteiger partial charge on any atom is -0.493 e. The number of carbonyl (C=O) groups excluding carboxylic acids is 1. The Bertz CT molecular complexity index is 1070. The van der Waals surface area contributed by atoms with E-state index in [-0.39, 0.29) is 11.6 Å². The van der Waals surface area contributed by atoms with Crippen LogP contribution in [0.15, 0.2) is 53.3 Å². The van der Waals surface area contributed by atoms with Crippen LogP contribution in [0.5, 0.6) is 11.5 Å². The van der Waals surface area contributed by atoms with Crippen molar-refractivity contribution in [1.82, 2.24) is 19.8 Å². The van der Waals surface area contributed by atoms with E-state index < -0.39 is 0 Å². The van der Waals surface area contributed by atoms with Gasteiger partial charge in [-0.05, 0) is 58.5 Å². The molecule has 1 aromatic heterocycles. The van der Waals surface area contributed by atoms with Crippen LogP contribution in [0.2, 0.25) is 0 Å². The maximum absolute atomic E-state index is 12.1. The van der Waals surface area contributed by atoms with Gasteiger partial charge in [0.15, 0.2) is 11.5 Å². The third kappa shape index (κ3) is 4.09. The highest BCUT2D eigenvalue weighted by molar-refractivity contribution is 6.02. The number of aromatic nitrogens is 4. The smallest absolute Gasteiger partial charge is 0.368 e. The molecule has 9 nitrogen and oxygen atoms in total. The Morgan fingerprint density at radius 3 is 2.36 bits per heavy atom. The Kier molecular flexibility index (Phi) is 5.54. The van der Waals surface area contributed by atoms with Crippen molar-refractivity contribution < 1.29 is 14.3 Å². The number of benzene rings is 2. The van der Waals surface area contributed by atoms with Crippen molar-refractivity contribution in [2.24, 2.45) is 7.05 Å². The second-order valence-corrected chi connectivity index (χ2v) is 5.78. The van der Waals surface area contributed by atoms with Crippen LogP contribution in [0.25, 0.3) is 11.8 Å². The molecule has 3 aromatic rings. The molecule has 144 valence electrons. The summed E-state index contributed by atoms with van der Waals surface area (Å²) in [6.07, 6.45) is 3.09. The number of methoxy groups -OCH3 is 2. The fourth-order valence-electron chi connectivity index (χ4n) is 2.47. The molecule has 3 rings (SSSR count). The number of anilines is 1. The fraction of sp³-hybridized carbons (Fsp3) is 0.158. The number of tetrazole rings is 1. The number of ether oxygens (including phenoxy) is 2. The van der Waals surface area contributed by atoms with E-state index in [0.29, 0.717) is 22.9 Å². The number of rotatable bonds is 6.